The van der Waals surface area contributed by atoms with Crippen LogP contribution in [0.15, 0.2) is 12.1 Å². The highest BCUT2D eigenvalue weighted by Crippen LogP contribution is 2.16. The molecule has 0 bridgehead atoms. The highest BCUT2D eigenvalue weighted by atomic mass is 32.2. The molecule has 1 fully saturated rings. The third kappa shape index (κ3) is 3.61. The van der Waals surface area contributed by atoms with Crippen molar-refractivity contribution in [2.75, 3.05) is 30.0 Å². The topological polar surface area (TPSA) is 71.2 Å². The maximum atomic E-state index is 12.4. The number of nitrogens with two attached hydrogens (primary N) is 1. The number of rotatable bonds is 4. The van der Waals surface area contributed by atoms with Crippen molar-refractivity contribution >= 4 is 23.5 Å². The van der Waals surface area contributed by atoms with Crippen LogP contribution in [-0.2, 0) is 6.42 Å². The molecule has 1 amide bonds. The number of aryl methyl sites for hydroxylation is 1. The summed E-state index contributed by atoms with van der Waals surface area (Å²) in [6, 6.07) is 3.61. The first-order valence-corrected chi connectivity index (χ1v) is 7.74. The number of aromatic nitrogens is 1. The van der Waals surface area contributed by atoms with Gasteiger partial charge in [-0.15, -0.1) is 0 Å². The molecule has 5 nitrogen and oxygen atoms in total. The summed E-state index contributed by atoms with van der Waals surface area (Å²) in [6.07, 6.45) is 1.85. The van der Waals surface area contributed by atoms with Gasteiger partial charge in [0.2, 0.25) is 0 Å². The van der Waals surface area contributed by atoms with Crippen LogP contribution in [0, 0.1) is 0 Å². The number of hydrogen-bond acceptors (Lipinski definition) is 5. The molecule has 3 N–H and O–H groups in total. The van der Waals surface area contributed by atoms with Gasteiger partial charge in [-0.25, -0.2) is 10.8 Å². The van der Waals surface area contributed by atoms with E-state index in [4.69, 9.17) is 5.84 Å². The van der Waals surface area contributed by atoms with E-state index in [1.165, 1.54) is 0 Å². The third-order valence-corrected chi connectivity index (χ3v) is 4.02. The van der Waals surface area contributed by atoms with Crippen LogP contribution < -0.4 is 11.3 Å². The molecule has 6 heteroatoms. The number of pyridine rings is 1. The quantitative estimate of drug-likeness (QED) is 0.646. The summed E-state index contributed by atoms with van der Waals surface area (Å²) < 4.78 is 0. The van der Waals surface area contributed by atoms with Crippen molar-refractivity contribution in [3.05, 3.63) is 23.4 Å². The molecule has 1 aliphatic heterocycles. The summed E-state index contributed by atoms with van der Waals surface area (Å²) in [6.45, 7) is 3.73. The normalized spacial score (nSPS) is 15.4. The molecule has 2 heterocycles. The number of carbonyl (C=O) groups is 1. The van der Waals surface area contributed by atoms with E-state index in [-0.39, 0.29) is 5.91 Å². The number of hydrazine groups is 1. The lowest BCUT2D eigenvalue weighted by Gasteiger charge is -2.26. The Hall–Kier alpha value is -1.27. The molecule has 0 spiro atoms. The second kappa shape index (κ2) is 6.77. The van der Waals surface area contributed by atoms with E-state index in [1.54, 1.807) is 6.07 Å². The summed E-state index contributed by atoms with van der Waals surface area (Å²) in [5, 5.41) is 0. The maximum Gasteiger partial charge on any atom is 0.254 e. The fourth-order valence-electron chi connectivity index (χ4n) is 2.12. The van der Waals surface area contributed by atoms with Crippen molar-refractivity contribution in [2.24, 2.45) is 5.84 Å². The van der Waals surface area contributed by atoms with Crippen molar-refractivity contribution < 1.29 is 4.79 Å². The molecular formula is C13H20N4OS. The van der Waals surface area contributed by atoms with Crippen LogP contribution in [0.2, 0.25) is 0 Å². The van der Waals surface area contributed by atoms with Crippen LogP contribution in [0.5, 0.6) is 0 Å². The van der Waals surface area contributed by atoms with Crippen molar-refractivity contribution in [1.82, 2.24) is 9.88 Å². The molecule has 19 heavy (non-hydrogen) atoms. The summed E-state index contributed by atoms with van der Waals surface area (Å²) in [5.41, 5.74) is 4.13. The molecule has 0 aromatic carbocycles. The number of amides is 1. The molecule has 2 rings (SSSR count). The van der Waals surface area contributed by atoms with Crippen LogP contribution in [-0.4, -0.2) is 40.4 Å². The van der Waals surface area contributed by atoms with Gasteiger partial charge in [0.15, 0.2) is 0 Å². The minimum atomic E-state index is 0.0801. The van der Waals surface area contributed by atoms with Gasteiger partial charge in [0, 0.05) is 35.9 Å². The summed E-state index contributed by atoms with van der Waals surface area (Å²) in [4.78, 5) is 18.7. The van der Waals surface area contributed by atoms with Gasteiger partial charge >= 0.3 is 0 Å². The fraction of sp³-hybridized carbons (Fsp3) is 0.538. The Morgan fingerprint density at radius 2 is 2.21 bits per heavy atom. The second-order valence-corrected chi connectivity index (χ2v) is 5.76. The van der Waals surface area contributed by atoms with Crippen molar-refractivity contribution in [3.63, 3.8) is 0 Å². The lowest BCUT2D eigenvalue weighted by Crippen LogP contribution is -2.38. The standard InChI is InChI=1S/C13H20N4OS/c1-2-3-11-8-10(9-12(15-11)16-14)13(18)17-4-6-19-7-5-17/h8-9H,2-7,14H2,1H3,(H,15,16). The van der Waals surface area contributed by atoms with Gasteiger partial charge in [0.05, 0.1) is 0 Å². The molecule has 0 saturated carbocycles. The number of carbonyl (C=O) groups excluding carboxylic acids is 1. The zero-order valence-corrected chi connectivity index (χ0v) is 12.0. The lowest BCUT2D eigenvalue weighted by atomic mass is 10.1. The third-order valence-electron chi connectivity index (χ3n) is 3.08. The van der Waals surface area contributed by atoms with E-state index in [1.807, 2.05) is 22.7 Å². The van der Waals surface area contributed by atoms with Crippen LogP contribution in [0.25, 0.3) is 0 Å². The van der Waals surface area contributed by atoms with E-state index in [9.17, 15) is 4.79 Å². The van der Waals surface area contributed by atoms with Gasteiger partial charge in [-0.1, -0.05) is 13.3 Å². The average Bonchev–Trinajstić information content (AvgIpc) is 2.47. The Morgan fingerprint density at radius 1 is 1.47 bits per heavy atom. The highest BCUT2D eigenvalue weighted by molar-refractivity contribution is 7.99. The molecule has 0 radical (unpaired) electrons. The SMILES string of the molecule is CCCc1cc(C(=O)N2CCSCC2)cc(NN)n1. The first-order valence-electron chi connectivity index (χ1n) is 6.59. The maximum absolute atomic E-state index is 12.4. The largest absolute Gasteiger partial charge is 0.337 e. The Labute approximate surface area is 117 Å². The number of anilines is 1. The van der Waals surface area contributed by atoms with Gasteiger partial charge in [-0.2, -0.15) is 11.8 Å². The van der Waals surface area contributed by atoms with Crippen LogP contribution in [0.4, 0.5) is 5.82 Å². The Balaban J connectivity index is 2.21. The molecular weight excluding hydrogens is 260 g/mol. The lowest BCUT2D eigenvalue weighted by molar-refractivity contribution is 0.0772. The van der Waals surface area contributed by atoms with Crippen LogP contribution >= 0.6 is 11.8 Å². The molecule has 0 unspecified atom stereocenters. The summed E-state index contributed by atoms with van der Waals surface area (Å²) >= 11 is 1.89. The predicted molar refractivity (Wildman–Crippen MR) is 79.3 cm³/mol. The zero-order valence-electron chi connectivity index (χ0n) is 11.2. The number of nitrogens with zero attached hydrogens (tertiary/aromatic N) is 2. The summed E-state index contributed by atoms with van der Waals surface area (Å²) in [5.74, 6) is 8.09. The monoisotopic (exact) mass is 280 g/mol. The number of thioether (sulfide) groups is 1. The zero-order chi connectivity index (χ0) is 13.7. The Morgan fingerprint density at radius 3 is 2.84 bits per heavy atom. The average molecular weight is 280 g/mol. The minimum absolute atomic E-state index is 0.0801. The van der Waals surface area contributed by atoms with Gasteiger partial charge in [-0.3, -0.25) is 4.79 Å². The molecule has 104 valence electrons. The van der Waals surface area contributed by atoms with Crippen LogP contribution in [0.3, 0.4) is 0 Å². The molecule has 1 aliphatic rings. The smallest absolute Gasteiger partial charge is 0.254 e. The molecule has 0 aliphatic carbocycles. The van der Waals surface area contributed by atoms with Crippen molar-refractivity contribution in [3.8, 4) is 0 Å². The van der Waals surface area contributed by atoms with Crippen molar-refractivity contribution in [2.45, 2.75) is 19.8 Å². The number of nitrogen functional groups attached to an aromatic ring is 1. The van der Waals surface area contributed by atoms with Gasteiger partial charge in [0.25, 0.3) is 5.91 Å². The number of nitrogens with one attached hydrogen (secondary N) is 1. The first-order chi connectivity index (χ1) is 9.24. The van der Waals surface area contributed by atoms with Gasteiger partial charge < -0.3 is 10.3 Å². The minimum Gasteiger partial charge on any atom is -0.337 e. The Kier molecular flexibility index (Phi) is 5.04. The van der Waals surface area contributed by atoms with Gasteiger partial charge in [-0.05, 0) is 18.6 Å². The summed E-state index contributed by atoms with van der Waals surface area (Å²) in [7, 11) is 0. The van der Waals surface area contributed by atoms with E-state index >= 15 is 0 Å². The second-order valence-electron chi connectivity index (χ2n) is 4.53. The molecule has 1 aromatic heterocycles. The fourth-order valence-corrected chi connectivity index (χ4v) is 3.02. The molecule has 1 aromatic rings. The van der Waals surface area contributed by atoms with E-state index in [2.05, 4.69) is 17.3 Å². The highest BCUT2D eigenvalue weighted by Gasteiger charge is 2.19. The number of hydrogen-bond donors (Lipinski definition) is 2. The van der Waals surface area contributed by atoms with E-state index < -0.39 is 0 Å². The molecule has 1 saturated heterocycles. The van der Waals surface area contributed by atoms with Gasteiger partial charge in [0.1, 0.15) is 5.82 Å². The van der Waals surface area contributed by atoms with E-state index in [0.717, 1.165) is 43.1 Å². The molecule has 0 atom stereocenters. The van der Waals surface area contributed by atoms with Crippen LogP contribution in [0.1, 0.15) is 29.4 Å². The Bertz CT molecular complexity index is 446. The predicted octanol–water partition coefficient (Wildman–Crippen LogP) is 1.51. The van der Waals surface area contributed by atoms with E-state index in [0.29, 0.717) is 11.4 Å². The first kappa shape index (κ1) is 14.1. The van der Waals surface area contributed by atoms with Crippen molar-refractivity contribution in [1.29, 1.82) is 0 Å².